The molecule has 0 aliphatic carbocycles. The number of hydrogen-bond acceptors (Lipinski definition) is 12. The normalized spacial score (nSPS) is 22.9. The molecule has 2 unspecified atom stereocenters. The Kier molecular flexibility index (Phi) is 9.36. The molecule has 3 aliphatic heterocycles. The second kappa shape index (κ2) is 13.0. The number of nitrogens with one attached hydrogen (secondary N) is 1. The van der Waals surface area contributed by atoms with Gasteiger partial charge in [-0.25, -0.2) is 15.5 Å². The third kappa shape index (κ3) is 6.72. The number of aromatic nitrogens is 2. The second-order valence-corrected chi connectivity index (χ2v) is 12.2. The van der Waals surface area contributed by atoms with Crippen molar-refractivity contribution in [1.29, 1.82) is 0 Å². The summed E-state index contributed by atoms with van der Waals surface area (Å²) in [5.74, 6) is 0.955. The molecule has 4 heterocycles. The first kappa shape index (κ1) is 30.3. The number of likely N-dealkylation sites (tertiary alicyclic amines) is 1. The van der Waals surface area contributed by atoms with Crippen molar-refractivity contribution in [1.82, 2.24) is 30.3 Å². The van der Waals surface area contributed by atoms with Crippen molar-refractivity contribution >= 4 is 34.7 Å². The van der Waals surface area contributed by atoms with Crippen LogP contribution in [0.1, 0.15) is 69.1 Å². The highest BCUT2D eigenvalue weighted by Gasteiger charge is 2.33. The van der Waals surface area contributed by atoms with Crippen molar-refractivity contribution in [3.05, 3.63) is 45.7 Å². The SMILES string of the molecule is CC(C)=N/N=C(\C)c1nc(Cl)c(N2CCN(C3CCN(Cc4ccc(C)cc4C4N=NNN4C)CC3)C(C)C2)nc1N. The molecule has 0 radical (unpaired) electrons. The maximum Gasteiger partial charge on any atom is 0.172 e. The van der Waals surface area contributed by atoms with Gasteiger partial charge < -0.3 is 10.6 Å². The summed E-state index contributed by atoms with van der Waals surface area (Å²) in [5.41, 5.74) is 14.9. The number of benzene rings is 1. The van der Waals surface area contributed by atoms with Crippen LogP contribution in [0.3, 0.4) is 0 Å². The molecule has 1 aromatic heterocycles. The minimum atomic E-state index is -0.0871. The number of anilines is 2. The van der Waals surface area contributed by atoms with E-state index in [1.54, 1.807) is 0 Å². The van der Waals surface area contributed by atoms with Crippen LogP contribution in [-0.4, -0.2) is 88.1 Å². The van der Waals surface area contributed by atoms with Crippen LogP contribution in [0.25, 0.3) is 0 Å². The Morgan fingerprint density at radius 3 is 2.52 bits per heavy atom. The second-order valence-electron chi connectivity index (χ2n) is 11.8. The first-order valence-corrected chi connectivity index (χ1v) is 15.1. The summed E-state index contributed by atoms with van der Waals surface area (Å²) >= 11 is 6.63. The summed E-state index contributed by atoms with van der Waals surface area (Å²) in [6.45, 7) is 15.7. The standard InChI is InChI=1S/C29H43ClN12/c1-18(2)34-35-21(5)25-27(31)33-29(26(30)32-25)41-13-14-42(20(4)16-41)23-9-11-40(12-10-23)17-22-8-7-19(3)15-24(22)28-36-37-38-39(28)6/h7-8,15,20,23,28H,9-14,16-17H2,1-6H3,(H2,31,33)(H,36,38)/b35-21+. The molecule has 2 saturated heterocycles. The minimum absolute atomic E-state index is 0.0871. The fourth-order valence-corrected chi connectivity index (χ4v) is 6.36. The number of rotatable bonds is 7. The van der Waals surface area contributed by atoms with E-state index < -0.39 is 0 Å². The van der Waals surface area contributed by atoms with Crippen LogP contribution in [0.2, 0.25) is 5.15 Å². The smallest absolute Gasteiger partial charge is 0.172 e. The number of piperidine rings is 1. The van der Waals surface area contributed by atoms with Crippen LogP contribution in [0, 0.1) is 6.92 Å². The van der Waals surface area contributed by atoms with Crippen LogP contribution in [-0.2, 0) is 6.54 Å². The summed E-state index contributed by atoms with van der Waals surface area (Å²) in [7, 11) is 1.98. The average molecular weight is 595 g/mol. The first-order valence-electron chi connectivity index (χ1n) is 14.7. The topological polar surface area (TPSA) is 126 Å². The predicted molar refractivity (Wildman–Crippen MR) is 169 cm³/mol. The van der Waals surface area contributed by atoms with Crippen molar-refractivity contribution in [3.8, 4) is 0 Å². The van der Waals surface area contributed by atoms with Gasteiger partial charge in [0.15, 0.2) is 23.0 Å². The summed E-state index contributed by atoms with van der Waals surface area (Å²) in [4.78, 5) is 16.6. The Morgan fingerprint density at radius 2 is 1.86 bits per heavy atom. The molecule has 3 aliphatic rings. The quantitative estimate of drug-likeness (QED) is 0.360. The van der Waals surface area contributed by atoms with Crippen molar-refractivity contribution < 1.29 is 0 Å². The Labute approximate surface area is 253 Å². The number of hydrogen-bond donors (Lipinski definition) is 2. The number of aryl methyl sites for hydroxylation is 1. The third-order valence-electron chi connectivity index (χ3n) is 8.32. The molecule has 42 heavy (non-hydrogen) atoms. The zero-order valence-corrected chi connectivity index (χ0v) is 26.3. The van der Waals surface area contributed by atoms with E-state index in [2.05, 4.69) is 82.8 Å². The molecule has 1 aromatic carbocycles. The van der Waals surface area contributed by atoms with Crippen LogP contribution >= 0.6 is 11.6 Å². The molecular weight excluding hydrogens is 552 g/mol. The Balaban J connectivity index is 1.18. The molecule has 13 heteroatoms. The highest BCUT2D eigenvalue weighted by atomic mass is 35.5. The lowest BCUT2D eigenvalue weighted by atomic mass is 9.97. The van der Waals surface area contributed by atoms with Gasteiger partial charge in [0.2, 0.25) is 0 Å². The average Bonchev–Trinajstić information content (AvgIpc) is 3.39. The zero-order chi connectivity index (χ0) is 30.0. The molecule has 0 bridgehead atoms. The lowest BCUT2D eigenvalue weighted by Crippen LogP contribution is -2.57. The lowest BCUT2D eigenvalue weighted by molar-refractivity contribution is 0.0688. The van der Waals surface area contributed by atoms with Gasteiger partial charge in [0.1, 0.15) is 5.69 Å². The zero-order valence-electron chi connectivity index (χ0n) is 25.5. The molecule has 2 atom stereocenters. The molecule has 0 saturated carbocycles. The highest BCUT2D eigenvalue weighted by Crippen LogP contribution is 2.31. The summed E-state index contributed by atoms with van der Waals surface area (Å²) < 4.78 is 0. The fraction of sp³-hybridized carbons (Fsp3) is 0.586. The summed E-state index contributed by atoms with van der Waals surface area (Å²) in [6.07, 6.45) is 2.21. The van der Waals surface area contributed by atoms with Gasteiger partial charge in [-0.05, 0) is 71.7 Å². The lowest BCUT2D eigenvalue weighted by Gasteiger charge is -2.46. The first-order chi connectivity index (χ1) is 20.1. The van der Waals surface area contributed by atoms with Crippen LogP contribution in [0.5, 0.6) is 0 Å². The van der Waals surface area contributed by atoms with E-state index in [0.717, 1.165) is 57.8 Å². The largest absolute Gasteiger partial charge is 0.382 e. The van der Waals surface area contributed by atoms with Gasteiger partial charge in [-0.1, -0.05) is 40.6 Å². The van der Waals surface area contributed by atoms with Gasteiger partial charge in [0.25, 0.3) is 0 Å². The number of piperazine rings is 1. The summed E-state index contributed by atoms with van der Waals surface area (Å²) in [5, 5.41) is 19.0. The van der Waals surface area contributed by atoms with Gasteiger partial charge in [-0.2, -0.15) is 15.2 Å². The van der Waals surface area contributed by atoms with E-state index in [-0.39, 0.29) is 6.17 Å². The molecule has 2 fully saturated rings. The minimum Gasteiger partial charge on any atom is -0.382 e. The van der Waals surface area contributed by atoms with Crippen molar-refractivity contribution in [2.75, 3.05) is 50.4 Å². The molecule has 0 amide bonds. The predicted octanol–water partition coefficient (Wildman–Crippen LogP) is 4.22. The van der Waals surface area contributed by atoms with E-state index >= 15 is 0 Å². The molecule has 3 N–H and O–H groups in total. The van der Waals surface area contributed by atoms with Crippen molar-refractivity contribution in [2.45, 2.75) is 72.3 Å². The Bertz CT molecular complexity index is 1360. The number of nitrogens with zero attached hydrogens (tertiary/aromatic N) is 10. The van der Waals surface area contributed by atoms with E-state index in [9.17, 15) is 0 Å². The van der Waals surface area contributed by atoms with E-state index in [1.165, 1.54) is 16.7 Å². The maximum atomic E-state index is 6.63. The number of halogens is 1. The molecular formula is C29H43ClN12. The van der Waals surface area contributed by atoms with Crippen LogP contribution in [0.4, 0.5) is 11.6 Å². The van der Waals surface area contributed by atoms with Crippen LogP contribution in [0.15, 0.2) is 38.7 Å². The van der Waals surface area contributed by atoms with Crippen LogP contribution < -0.4 is 16.2 Å². The molecule has 226 valence electrons. The number of nitrogens with two attached hydrogens (primary N) is 1. The molecule has 2 aromatic rings. The summed E-state index contributed by atoms with van der Waals surface area (Å²) in [6, 6.07) is 7.61. The van der Waals surface area contributed by atoms with Gasteiger partial charge in [0.05, 0.1) is 5.71 Å². The van der Waals surface area contributed by atoms with Gasteiger partial charge in [-0.3, -0.25) is 9.80 Å². The maximum absolute atomic E-state index is 6.63. The van der Waals surface area contributed by atoms with E-state index in [1.807, 2.05) is 32.8 Å². The molecule has 5 rings (SSSR count). The van der Waals surface area contributed by atoms with Crippen molar-refractivity contribution in [3.63, 3.8) is 0 Å². The van der Waals surface area contributed by atoms with Crippen molar-refractivity contribution in [2.24, 2.45) is 20.5 Å². The Morgan fingerprint density at radius 1 is 1.10 bits per heavy atom. The Hall–Kier alpha value is -3.19. The number of hydrazine groups is 1. The number of nitrogen functional groups attached to an aromatic ring is 1. The van der Waals surface area contributed by atoms with E-state index in [4.69, 9.17) is 17.3 Å². The monoisotopic (exact) mass is 594 g/mol. The van der Waals surface area contributed by atoms with Gasteiger partial charge in [-0.15, -0.1) is 5.11 Å². The molecule has 12 nitrogen and oxygen atoms in total. The van der Waals surface area contributed by atoms with Gasteiger partial charge >= 0.3 is 0 Å². The molecule has 0 spiro atoms. The van der Waals surface area contributed by atoms with E-state index in [0.29, 0.717) is 40.3 Å². The van der Waals surface area contributed by atoms with Gasteiger partial charge in [0, 0.05) is 51.0 Å². The highest BCUT2D eigenvalue weighted by molar-refractivity contribution is 6.32. The fourth-order valence-electron chi connectivity index (χ4n) is 6.12. The third-order valence-corrected chi connectivity index (χ3v) is 8.57.